The summed E-state index contributed by atoms with van der Waals surface area (Å²) in [6, 6.07) is 11.2. The van der Waals surface area contributed by atoms with Gasteiger partial charge in [0.25, 0.3) is 0 Å². The third-order valence-corrected chi connectivity index (χ3v) is 4.93. The molecule has 2 N–H and O–H groups in total. The second-order valence-corrected chi connectivity index (χ2v) is 7.20. The fraction of sp³-hybridized carbons (Fsp3) is 0.333. The summed E-state index contributed by atoms with van der Waals surface area (Å²) in [5.74, 6) is 0.631. The summed E-state index contributed by atoms with van der Waals surface area (Å²) >= 11 is 1.52. The molecule has 0 radical (unpaired) electrons. The highest BCUT2D eigenvalue weighted by molar-refractivity contribution is 8.13. The number of halogens is 1. The largest absolute Gasteiger partial charge is 0.379 e. The van der Waals surface area contributed by atoms with E-state index in [1.54, 1.807) is 0 Å². The second kappa shape index (κ2) is 6.32. The van der Waals surface area contributed by atoms with E-state index < -0.39 is 5.54 Å². The molecule has 5 heteroatoms. The Labute approximate surface area is 140 Å². The van der Waals surface area contributed by atoms with Crippen LogP contribution in [0.1, 0.15) is 35.9 Å². The van der Waals surface area contributed by atoms with E-state index in [0.29, 0.717) is 17.2 Å². The van der Waals surface area contributed by atoms with Crippen LogP contribution in [0.5, 0.6) is 0 Å². The van der Waals surface area contributed by atoms with Crippen molar-refractivity contribution in [3.05, 3.63) is 64.7 Å². The molecular weight excluding hydrogens is 309 g/mol. The van der Waals surface area contributed by atoms with Crippen LogP contribution in [0.2, 0.25) is 0 Å². The third kappa shape index (κ3) is 3.55. The van der Waals surface area contributed by atoms with E-state index in [9.17, 15) is 4.39 Å². The number of aryl methyl sites for hydroxylation is 1. The highest BCUT2D eigenvalue weighted by Crippen LogP contribution is 2.36. The van der Waals surface area contributed by atoms with Crippen molar-refractivity contribution in [3.63, 3.8) is 0 Å². The number of aliphatic imine (C=N–C) groups is 1. The Hall–Kier alpha value is -1.88. The van der Waals surface area contributed by atoms with E-state index in [1.165, 1.54) is 17.8 Å². The summed E-state index contributed by atoms with van der Waals surface area (Å²) in [7, 11) is 0. The van der Waals surface area contributed by atoms with Crippen LogP contribution in [0.15, 0.2) is 41.4 Å². The van der Waals surface area contributed by atoms with Gasteiger partial charge in [-0.15, -0.1) is 0 Å². The van der Waals surface area contributed by atoms with Gasteiger partial charge in [0, 0.05) is 29.1 Å². The number of nitrogens with two attached hydrogens (primary N) is 1. The minimum absolute atomic E-state index is 0.225. The van der Waals surface area contributed by atoms with Gasteiger partial charge in [0.15, 0.2) is 5.17 Å². The molecular formula is C18H20FN3S. The van der Waals surface area contributed by atoms with Crippen molar-refractivity contribution >= 4 is 16.9 Å². The lowest BCUT2D eigenvalue weighted by Gasteiger charge is -2.30. The Bertz CT molecular complexity index is 760. The molecule has 2 aromatic rings. The average molecular weight is 329 g/mol. The van der Waals surface area contributed by atoms with Crippen molar-refractivity contribution < 1.29 is 4.39 Å². The molecule has 0 bridgehead atoms. The van der Waals surface area contributed by atoms with Crippen LogP contribution >= 0.6 is 11.8 Å². The molecule has 120 valence electrons. The molecule has 1 atom stereocenters. The molecule has 0 unspecified atom stereocenters. The molecule has 0 spiro atoms. The van der Waals surface area contributed by atoms with E-state index in [1.807, 2.05) is 44.2 Å². The molecule has 3 nitrogen and oxygen atoms in total. The van der Waals surface area contributed by atoms with Crippen LogP contribution in [-0.2, 0) is 12.0 Å². The summed E-state index contributed by atoms with van der Waals surface area (Å²) in [4.78, 5) is 9.03. The van der Waals surface area contributed by atoms with Gasteiger partial charge in [0.2, 0.25) is 0 Å². The van der Waals surface area contributed by atoms with Crippen LogP contribution < -0.4 is 5.73 Å². The van der Waals surface area contributed by atoms with Crippen LogP contribution in [-0.4, -0.2) is 15.9 Å². The Balaban J connectivity index is 1.95. The number of nitrogens with zero attached hydrogens (tertiary/aromatic N) is 2. The van der Waals surface area contributed by atoms with Crippen LogP contribution in [0.3, 0.4) is 0 Å². The molecule has 0 aliphatic carbocycles. The van der Waals surface area contributed by atoms with Crippen LogP contribution in [0, 0.1) is 12.7 Å². The van der Waals surface area contributed by atoms with E-state index in [0.717, 1.165) is 29.1 Å². The first-order valence-electron chi connectivity index (χ1n) is 7.66. The molecule has 0 amide bonds. The maximum absolute atomic E-state index is 14.4. The molecule has 1 aromatic carbocycles. The Morgan fingerprint density at radius 2 is 2.13 bits per heavy atom. The molecule has 23 heavy (non-hydrogen) atoms. The Morgan fingerprint density at radius 3 is 2.87 bits per heavy atom. The number of hydrogen-bond acceptors (Lipinski definition) is 4. The Kier molecular flexibility index (Phi) is 4.39. The normalized spacial score (nSPS) is 21.1. The van der Waals surface area contributed by atoms with Gasteiger partial charge in [-0.3, -0.25) is 9.98 Å². The molecule has 1 aliphatic rings. The predicted octanol–water partition coefficient (Wildman–Crippen LogP) is 3.79. The Morgan fingerprint density at radius 1 is 1.30 bits per heavy atom. The lowest BCUT2D eigenvalue weighted by molar-refractivity contribution is 0.449. The highest BCUT2D eigenvalue weighted by Gasteiger charge is 2.32. The zero-order chi connectivity index (χ0) is 16.4. The van der Waals surface area contributed by atoms with Crippen LogP contribution in [0.4, 0.5) is 4.39 Å². The number of benzene rings is 1. The first-order chi connectivity index (χ1) is 11.0. The first-order valence-corrected chi connectivity index (χ1v) is 8.64. The zero-order valence-corrected chi connectivity index (χ0v) is 14.2. The van der Waals surface area contributed by atoms with Crippen molar-refractivity contribution in [2.24, 2.45) is 10.7 Å². The van der Waals surface area contributed by atoms with Crippen molar-refractivity contribution in [3.8, 4) is 0 Å². The SMILES string of the molecule is Cc1cccc(Cc2ccc(F)c([C@]3(C)CCSC(N)=N3)c2)n1. The van der Waals surface area contributed by atoms with Gasteiger partial charge in [-0.2, -0.15) is 0 Å². The summed E-state index contributed by atoms with van der Waals surface area (Å²) in [6.07, 6.45) is 1.46. The van der Waals surface area contributed by atoms with E-state index in [2.05, 4.69) is 9.98 Å². The number of thioether (sulfide) groups is 1. The van der Waals surface area contributed by atoms with Gasteiger partial charge >= 0.3 is 0 Å². The predicted molar refractivity (Wildman–Crippen MR) is 94.2 cm³/mol. The molecule has 0 fully saturated rings. The second-order valence-electron chi connectivity index (χ2n) is 6.08. The smallest absolute Gasteiger partial charge is 0.154 e. The number of hydrogen-bond donors (Lipinski definition) is 1. The standard InChI is InChI=1S/C18H20FN3S/c1-12-4-3-5-14(21-12)10-13-6-7-16(19)15(11-13)18(2)8-9-23-17(20)22-18/h3-7,11H,8-10H2,1-2H3,(H2,20,22)/t18-/m0/s1. The summed E-state index contributed by atoms with van der Waals surface area (Å²) in [6.45, 7) is 3.92. The zero-order valence-electron chi connectivity index (χ0n) is 13.3. The fourth-order valence-corrected chi connectivity index (χ4v) is 3.86. The minimum atomic E-state index is -0.588. The van der Waals surface area contributed by atoms with Gasteiger partial charge in [0.1, 0.15) is 5.82 Å². The van der Waals surface area contributed by atoms with Gasteiger partial charge in [0.05, 0.1) is 5.54 Å². The topological polar surface area (TPSA) is 51.3 Å². The monoisotopic (exact) mass is 329 g/mol. The maximum atomic E-state index is 14.4. The minimum Gasteiger partial charge on any atom is -0.379 e. The lowest BCUT2D eigenvalue weighted by Crippen LogP contribution is -2.29. The third-order valence-electron chi connectivity index (χ3n) is 4.14. The molecule has 1 aromatic heterocycles. The first kappa shape index (κ1) is 16.0. The van der Waals surface area contributed by atoms with E-state index >= 15 is 0 Å². The van der Waals surface area contributed by atoms with Crippen molar-refractivity contribution in [2.45, 2.75) is 32.2 Å². The summed E-state index contributed by atoms with van der Waals surface area (Å²) < 4.78 is 14.4. The average Bonchev–Trinajstić information content (AvgIpc) is 2.49. The number of rotatable bonds is 3. The van der Waals surface area contributed by atoms with Gasteiger partial charge in [-0.1, -0.05) is 30.0 Å². The summed E-state index contributed by atoms with van der Waals surface area (Å²) in [5, 5.41) is 0.531. The molecule has 3 rings (SSSR count). The fourth-order valence-electron chi connectivity index (χ4n) is 2.88. The van der Waals surface area contributed by atoms with Crippen molar-refractivity contribution in [1.82, 2.24) is 4.98 Å². The van der Waals surface area contributed by atoms with E-state index in [-0.39, 0.29) is 5.82 Å². The van der Waals surface area contributed by atoms with Crippen LogP contribution in [0.25, 0.3) is 0 Å². The van der Waals surface area contributed by atoms with E-state index in [4.69, 9.17) is 5.73 Å². The molecule has 1 aliphatic heterocycles. The molecule has 0 saturated carbocycles. The van der Waals surface area contributed by atoms with Crippen molar-refractivity contribution in [2.75, 3.05) is 5.75 Å². The number of amidine groups is 1. The van der Waals surface area contributed by atoms with Gasteiger partial charge in [-0.25, -0.2) is 4.39 Å². The molecule has 2 heterocycles. The van der Waals surface area contributed by atoms with Crippen molar-refractivity contribution in [1.29, 1.82) is 0 Å². The highest BCUT2D eigenvalue weighted by atomic mass is 32.2. The lowest BCUT2D eigenvalue weighted by atomic mass is 9.87. The summed E-state index contributed by atoms with van der Waals surface area (Å²) in [5.41, 5.74) is 8.89. The number of pyridine rings is 1. The van der Waals surface area contributed by atoms with Gasteiger partial charge in [-0.05, 0) is 44.0 Å². The maximum Gasteiger partial charge on any atom is 0.154 e. The molecule has 0 saturated heterocycles. The number of aromatic nitrogens is 1. The quantitative estimate of drug-likeness (QED) is 0.932. The van der Waals surface area contributed by atoms with Gasteiger partial charge < -0.3 is 5.73 Å².